The second-order valence-corrected chi connectivity index (χ2v) is 5.00. The summed E-state index contributed by atoms with van der Waals surface area (Å²) >= 11 is 6.11. The van der Waals surface area contributed by atoms with E-state index in [1.54, 1.807) is 17.9 Å². The third kappa shape index (κ3) is 2.70. The molecule has 0 saturated heterocycles. The maximum atomic E-state index is 12.7. The Kier molecular flexibility index (Phi) is 4.45. The van der Waals surface area contributed by atoms with E-state index >= 15 is 0 Å². The van der Waals surface area contributed by atoms with E-state index in [4.69, 9.17) is 16.3 Å². The van der Waals surface area contributed by atoms with Gasteiger partial charge in [-0.25, -0.2) is 0 Å². The van der Waals surface area contributed by atoms with Gasteiger partial charge in [0.1, 0.15) is 11.4 Å². The molecule has 106 valence electrons. The second-order valence-electron chi connectivity index (χ2n) is 4.60. The molecule has 2 aromatic rings. The van der Waals surface area contributed by atoms with Gasteiger partial charge in [0.15, 0.2) is 0 Å². The summed E-state index contributed by atoms with van der Waals surface area (Å²) in [5.41, 5.74) is 1.94. The number of ketones is 1. The highest BCUT2D eigenvalue weighted by Crippen LogP contribution is 2.26. The fourth-order valence-electron chi connectivity index (χ4n) is 2.08. The average molecular weight is 293 g/mol. The van der Waals surface area contributed by atoms with Gasteiger partial charge in [-0.05, 0) is 31.0 Å². The van der Waals surface area contributed by atoms with E-state index in [2.05, 4.69) is 5.10 Å². The molecule has 20 heavy (non-hydrogen) atoms. The van der Waals surface area contributed by atoms with E-state index in [1.165, 1.54) is 6.20 Å². The Morgan fingerprint density at radius 3 is 2.85 bits per heavy atom. The number of halogens is 1. The molecule has 2 rings (SSSR count). The lowest BCUT2D eigenvalue weighted by molar-refractivity contribution is 0.102. The van der Waals surface area contributed by atoms with Crippen molar-refractivity contribution in [2.75, 3.05) is 7.11 Å². The number of hydrogen-bond donors (Lipinski definition) is 0. The summed E-state index contributed by atoms with van der Waals surface area (Å²) in [6.07, 6.45) is 2.38. The van der Waals surface area contributed by atoms with Crippen LogP contribution in [-0.2, 0) is 6.54 Å². The molecule has 0 N–H and O–H groups in total. The Labute approximate surface area is 123 Å². The molecule has 0 spiro atoms. The molecule has 5 heteroatoms. The summed E-state index contributed by atoms with van der Waals surface area (Å²) in [5, 5.41) is 4.51. The lowest BCUT2D eigenvalue weighted by Gasteiger charge is -2.10. The van der Waals surface area contributed by atoms with Crippen molar-refractivity contribution in [3.05, 3.63) is 46.2 Å². The zero-order valence-corrected chi connectivity index (χ0v) is 12.6. The molecular weight excluding hydrogens is 276 g/mol. The summed E-state index contributed by atoms with van der Waals surface area (Å²) < 4.78 is 6.93. The highest BCUT2D eigenvalue weighted by molar-refractivity contribution is 6.34. The number of rotatable bonds is 5. The van der Waals surface area contributed by atoms with Crippen molar-refractivity contribution >= 4 is 17.4 Å². The van der Waals surface area contributed by atoms with Crippen molar-refractivity contribution in [1.82, 2.24) is 9.78 Å². The van der Waals surface area contributed by atoms with Gasteiger partial charge in [-0.1, -0.05) is 24.6 Å². The summed E-state index contributed by atoms with van der Waals surface area (Å²) in [6.45, 7) is 4.63. The van der Waals surface area contributed by atoms with Gasteiger partial charge in [0, 0.05) is 6.54 Å². The van der Waals surface area contributed by atoms with Gasteiger partial charge in [-0.15, -0.1) is 0 Å². The number of nitrogens with zero attached hydrogens (tertiary/aromatic N) is 2. The van der Waals surface area contributed by atoms with Crippen molar-refractivity contribution in [2.24, 2.45) is 0 Å². The van der Waals surface area contributed by atoms with Gasteiger partial charge in [-0.3, -0.25) is 9.48 Å². The number of benzene rings is 1. The molecule has 0 unspecified atom stereocenters. The zero-order valence-electron chi connectivity index (χ0n) is 11.8. The average Bonchev–Trinajstić information content (AvgIpc) is 2.79. The monoisotopic (exact) mass is 292 g/mol. The van der Waals surface area contributed by atoms with Crippen LogP contribution in [0.15, 0.2) is 24.4 Å². The number of aromatic nitrogens is 2. The third-order valence-electron chi connectivity index (χ3n) is 3.05. The van der Waals surface area contributed by atoms with E-state index in [-0.39, 0.29) is 5.78 Å². The number of carbonyl (C=O) groups is 1. The van der Waals surface area contributed by atoms with Crippen LogP contribution in [0, 0.1) is 6.92 Å². The minimum Gasteiger partial charge on any atom is -0.496 e. The van der Waals surface area contributed by atoms with Crippen LogP contribution in [0.5, 0.6) is 5.75 Å². The Bertz CT molecular complexity index is 635. The molecule has 4 nitrogen and oxygen atoms in total. The Hall–Kier alpha value is -1.81. The van der Waals surface area contributed by atoms with Crippen LogP contribution in [0.3, 0.4) is 0 Å². The van der Waals surface area contributed by atoms with Crippen LogP contribution in [0.4, 0.5) is 0 Å². The molecule has 1 aromatic heterocycles. The molecule has 0 amide bonds. The van der Waals surface area contributed by atoms with Crippen molar-refractivity contribution < 1.29 is 9.53 Å². The molecule has 0 bridgehead atoms. The summed E-state index contributed by atoms with van der Waals surface area (Å²) in [5.74, 6) is 0.383. The highest BCUT2D eigenvalue weighted by Gasteiger charge is 2.21. The molecular formula is C15H17ClN2O2. The van der Waals surface area contributed by atoms with Gasteiger partial charge in [-0.2, -0.15) is 5.10 Å². The zero-order chi connectivity index (χ0) is 14.7. The summed E-state index contributed by atoms with van der Waals surface area (Å²) in [7, 11) is 1.55. The minimum absolute atomic E-state index is 0.169. The maximum absolute atomic E-state index is 12.7. The predicted octanol–water partition coefficient (Wildman–Crippen LogP) is 3.49. The van der Waals surface area contributed by atoms with E-state index in [0.717, 1.165) is 12.0 Å². The normalized spacial score (nSPS) is 10.6. The molecule has 0 saturated carbocycles. The van der Waals surface area contributed by atoms with Gasteiger partial charge in [0.2, 0.25) is 5.78 Å². The van der Waals surface area contributed by atoms with Gasteiger partial charge in [0.25, 0.3) is 0 Å². The number of carbonyl (C=O) groups excluding carboxylic acids is 1. The van der Waals surface area contributed by atoms with E-state index in [9.17, 15) is 4.79 Å². The van der Waals surface area contributed by atoms with E-state index in [1.807, 2.05) is 26.0 Å². The summed E-state index contributed by atoms with van der Waals surface area (Å²) in [4.78, 5) is 12.7. The minimum atomic E-state index is -0.169. The van der Waals surface area contributed by atoms with Gasteiger partial charge >= 0.3 is 0 Å². The molecule has 0 aliphatic carbocycles. The lowest BCUT2D eigenvalue weighted by atomic mass is 10.0. The topological polar surface area (TPSA) is 44.1 Å². The van der Waals surface area contributed by atoms with Crippen LogP contribution < -0.4 is 4.74 Å². The third-order valence-corrected chi connectivity index (χ3v) is 3.32. The smallest absolute Gasteiger partial charge is 0.216 e. The fraction of sp³-hybridized carbons (Fsp3) is 0.333. The van der Waals surface area contributed by atoms with E-state index in [0.29, 0.717) is 28.6 Å². The van der Waals surface area contributed by atoms with Crippen LogP contribution in [-0.4, -0.2) is 22.7 Å². The van der Waals surface area contributed by atoms with E-state index < -0.39 is 0 Å². The first-order valence-corrected chi connectivity index (χ1v) is 6.87. The fourth-order valence-corrected chi connectivity index (χ4v) is 2.31. The van der Waals surface area contributed by atoms with Gasteiger partial charge in [0.05, 0.1) is 23.9 Å². The van der Waals surface area contributed by atoms with Crippen molar-refractivity contribution in [3.8, 4) is 5.75 Å². The van der Waals surface area contributed by atoms with Gasteiger partial charge < -0.3 is 4.74 Å². The van der Waals surface area contributed by atoms with Crippen LogP contribution >= 0.6 is 11.6 Å². The van der Waals surface area contributed by atoms with Crippen molar-refractivity contribution in [3.63, 3.8) is 0 Å². The first-order chi connectivity index (χ1) is 9.58. The number of aryl methyl sites for hydroxylation is 2. The van der Waals surface area contributed by atoms with Crippen LogP contribution in [0.1, 0.15) is 35.0 Å². The Morgan fingerprint density at radius 1 is 1.45 bits per heavy atom. The first-order valence-electron chi connectivity index (χ1n) is 6.49. The molecule has 0 radical (unpaired) electrons. The second kappa shape index (κ2) is 6.09. The number of hydrogen-bond acceptors (Lipinski definition) is 3. The predicted molar refractivity (Wildman–Crippen MR) is 78.7 cm³/mol. The standard InChI is InChI=1S/C15H17ClN2O2/c1-4-7-18-14(12(16)9-17-18)15(19)11-6-5-10(2)8-13(11)20-3/h5-6,8-9H,4,7H2,1-3H3. The number of methoxy groups -OCH3 is 1. The van der Waals surface area contributed by atoms with Crippen molar-refractivity contribution in [1.29, 1.82) is 0 Å². The summed E-state index contributed by atoms with van der Waals surface area (Å²) in [6, 6.07) is 5.47. The lowest BCUT2D eigenvalue weighted by Crippen LogP contribution is -2.13. The van der Waals surface area contributed by atoms with Crippen LogP contribution in [0.2, 0.25) is 5.02 Å². The molecule has 0 atom stereocenters. The quantitative estimate of drug-likeness (QED) is 0.792. The number of ether oxygens (including phenoxy) is 1. The first kappa shape index (κ1) is 14.6. The SMILES string of the molecule is CCCn1ncc(Cl)c1C(=O)c1ccc(C)cc1OC. The molecule has 1 heterocycles. The molecule has 1 aromatic carbocycles. The Morgan fingerprint density at radius 2 is 2.20 bits per heavy atom. The largest absolute Gasteiger partial charge is 0.496 e. The molecule has 0 fully saturated rings. The van der Waals surface area contributed by atoms with Crippen LogP contribution in [0.25, 0.3) is 0 Å². The molecule has 0 aliphatic rings. The Balaban J connectivity index is 2.49. The maximum Gasteiger partial charge on any atom is 0.216 e. The van der Waals surface area contributed by atoms with Crippen molar-refractivity contribution in [2.45, 2.75) is 26.8 Å². The molecule has 0 aliphatic heterocycles. The highest BCUT2D eigenvalue weighted by atomic mass is 35.5.